The van der Waals surface area contributed by atoms with Crippen molar-refractivity contribution in [3.05, 3.63) is 35.9 Å². The van der Waals surface area contributed by atoms with Crippen LogP contribution in [0.3, 0.4) is 0 Å². The van der Waals surface area contributed by atoms with Gasteiger partial charge in [0, 0.05) is 6.92 Å². The number of methoxy groups -OCH3 is 1. The van der Waals surface area contributed by atoms with Crippen LogP contribution in [0, 0.1) is 0 Å². The first-order valence-electron chi connectivity index (χ1n) is 6.05. The second-order valence-electron chi connectivity index (χ2n) is 4.13. The lowest BCUT2D eigenvalue weighted by molar-refractivity contribution is -0.150. The van der Waals surface area contributed by atoms with Crippen molar-refractivity contribution in [3.63, 3.8) is 0 Å². The molecule has 0 aliphatic carbocycles. The fraction of sp³-hybridized carbons (Fsp3) is 0.357. The normalized spacial score (nSPS) is 11.3. The standard InChI is InChI=1S/C14H17NO5/c1-10(13(17)19-3)15(11(2)16)14(18)20-9-12-7-5-4-6-8-12/h4-8,10H,9H2,1-3H3. The van der Waals surface area contributed by atoms with Gasteiger partial charge in [-0.05, 0) is 12.5 Å². The zero-order valence-corrected chi connectivity index (χ0v) is 11.7. The fourth-order valence-corrected chi connectivity index (χ4v) is 1.62. The van der Waals surface area contributed by atoms with Crippen molar-refractivity contribution in [2.24, 2.45) is 0 Å². The highest BCUT2D eigenvalue weighted by atomic mass is 16.6. The summed E-state index contributed by atoms with van der Waals surface area (Å²) in [7, 11) is 1.19. The van der Waals surface area contributed by atoms with Crippen LogP contribution in [-0.4, -0.2) is 36.0 Å². The van der Waals surface area contributed by atoms with E-state index in [9.17, 15) is 14.4 Å². The first-order chi connectivity index (χ1) is 9.47. The molecule has 0 N–H and O–H groups in total. The Morgan fingerprint density at radius 3 is 2.30 bits per heavy atom. The Morgan fingerprint density at radius 2 is 1.80 bits per heavy atom. The van der Waals surface area contributed by atoms with E-state index < -0.39 is 24.0 Å². The number of hydrogen-bond acceptors (Lipinski definition) is 5. The number of rotatable bonds is 4. The summed E-state index contributed by atoms with van der Waals surface area (Å²) in [4.78, 5) is 35.5. The highest BCUT2D eigenvalue weighted by Crippen LogP contribution is 2.08. The van der Waals surface area contributed by atoms with Crippen LogP contribution >= 0.6 is 0 Å². The van der Waals surface area contributed by atoms with E-state index in [2.05, 4.69) is 4.74 Å². The molecule has 0 spiro atoms. The number of amides is 2. The monoisotopic (exact) mass is 279 g/mol. The van der Waals surface area contributed by atoms with Gasteiger partial charge in [-0.2, -0.15) is 0 Å². The summed E-state index contributed by atoms with van der Waals surface area (Å²) < 4.78 is 9.54. The Labute approximate surface area is 117 Å². The quantitative estimate of drug-likeness (QED) is 0.785. The number of esters is 1. The van der Waals surface area contributed by atoms with Gasteiger partial charge in [0.15, 0.2) is 0 Å². The van der Waals surface area contributed by atoms with Crippen molar-refractivity contribution in [3.8, 4) is 0 Å². The molecule has 20 heavy (non-hydrogen) atoms. The minimum atomic E-state index is -1.03. The molecule has 0 saturated heterocycles. The van der Waals surface area contributed by atoms with E-state index in [1.807, 2.05) is 18.2 Å². The highest BCUT2D eigenvalue weighted by Gasteiger charge is 2.31. The summed E-state index contributed by atoms with van der Waals surface area (Å²) in [6, 6.07) is 8.00. The highest BCUT2D eigenvalue weighted by molar-refractivity contribution is 5.95. The molecule has 2 amide bonds. The minimum absolute atomic E-state index is 0.0251. The molecule has 1 unspecified atom stereocenters. The first-order valence-corrected chi connectivity index (χ1v) is 6.05. The van der Waals surface area contributed by atoms with E-state index in [1.54, 1.807) is 12.1 Å². The van der Waals surface area contributed by atoms with E-state index in [4.69, 9.17) is 4.74 Å². The molecular formula is C14H17NO5. The van der Waals surface area contributed by atoms with Gasteiger partial charge in [0.2, 0.25) is 5.91 Å². The number of carbonyl (C=O) groups excluding carboxylic acids is 3. The van der Waals surface area contributed by atoms with E-state index in [0.717, 1.165) is 10.5 Å². The maximum Gasteiger partial charge on any atom is 0.417 e. The van der Waals surface area contributed by atoms with Crippen LogP contribution in [0.2, 0.25) is 0 Å². The predicted molar refractivity (Wildman–Crippen MR) is 70.6 cm³/mol. The summed E-state index contributed by atoms with van der Waals surface area (Å²) in [6.45, 7) is 2.61. The van der Waals surface area contributed by atoms with E-state index >= 15 is 0 Å². The van der Waals surface area contributed by atoms with Crippen LogP contribution in [0.5, 0.6) is 0 Å². The van der Waals surface area contributed by atoms with Gasteiger partial charge < -0.3 is 9.47 Å². The van der Waals surface area contributed by atoms with Crippen LogP contribution in [0.25, 0.3) is 0 Å². The Morgan fingerprint density at radius 1 is 1.20 bits per heavy atom. The maximum atomic E-state index is 11.9. The van der Waals surface area contributed by atoms with Crippen molar-refractivity contribution in [2.75, 3.05) is 7.11 Å². The molecule has 108 valence electrons. The van der Waals surface area contributed by atoms with Gasteiger partial charge >= 0.3 is 12.1 Å². The summed E-state index contributed by atoms with van der Waals surface area (Å²) >= 11 is 0. The zero-order valence-electron chi connectivity index (χ0n) is 11.7. The molecule has 6 heteroatoms. The van der Waals surface area contributed by atoms with E-state index in [1.165, 1.54) is 21.0 Å². The van der Waals surface area contributed by atoms with Crippen molar-refractivity contribution >= 4 is 18.0 Å². The van der Waals surface area contributed by atoms with Gasteiger partial charge in [-0.25, -0.2) is 14.5 Å². The topological polar surface area (TPSA) is 72.9 Å². The number of nitrogens with zero attached hydrogens (tertiary/aromatic N) is 1. The van der Waals surface area contributed by atoms with Crippen LogP contribution in [0.1, 0.15) is 19.4 Å². The lowest BCUT2D eigenvalue weighted by Crippen LogP contribution is -2.46. The van der Waals surface area contributed by atoms with E-state index in [-0.39, 0.29) is 6.61 Å². The molecule has 0 aliphatic heterocycles. The largest absolute Gasteiger partial charge is 0.467 e. The zero-order chi connectivity index (χ0) is 15.1. The summed E-state index contributed by atoms with van der Waals surface area (Å²) in [6.07, 6.45) is -0.876. The first kappa shape index (κ1) is 15.7. The van der Waals surface area contributed by atoms with Crippen molar-refractivity contribution < 1.29 is 23.9 Å². The molecular weight excluding hydrogens is 262 g/mol. The molecule has 6 nitrogen and oxygen atoms in total. The summed E-state index contributed by atoms with van der Waals surface area (Å²) in [5.41, 5.74) is 0.787. The number of hydrogen-bond donors (Lipinski definition) is 0. The molecule has 0 radical (unpaired) electrons. The van der Waals surface area contributed by atoms with Crippen molar-refractivity contribution in [2.45, 2.75) is 26.5 Å². The molecule has 0 saturated carbocycles. The lowest BCUT2D eigenvalue weighted by Gasteiger charge is -2.23. The number of benzene rings is 1. The predicted octanol–water partition coefficient (Wildman–Crippen LogP) is 1.73. The van der Waals surface area contributed by atoms with E-state index in [0.29, 0.717) is 0 Å². The molecule has 0 bridgehead atoms. The average Bonchev–Trinajstić information content (AvgIpc) is 2.45. The second-order valence-corrected chi connectivity index (χ2v) is 4.13. The summed E-state index contributed by atoms with van der Waals surface area (Å²) in [5.74, 6) is -1.27. The van der Waals surface area contributed by atoms with Crippen LogP contribution in [0.4, 0.5) is 4.79 Å². The smallest absolute Gasteiger partial charge is 0.417 e. The number of ether oxygens (including phenoxy) is 2. The third kappa shape index (κ3) is 4.08. The van der Waals surface area contributed by atoms with Crippen molar-refractivity contribution in [1.29, 1.82) is 0 Å². The Kier molecular flexibility index (Phi) is 5.71. The van der Waals surface area contributed by atoms with Crippen LogP contribution < -0.4 is 0 Å². The molecule has 0 aliphatic rings. The van der Waals surface area contributed by atoms with Crippen LogP contribution in [-0.2, 0) is 25.7 Å². The lowest BCUT2D eigenvalue weighted by atomic mass is 10.2. The van der Waals surface area contributed by atoms with Gasteiger partial charge in [0.25, 0.3) is 0 Å². The van der Waals surface area contributed by atoms with Gasteiger partial charge in [0.05, 0.1) is 7.11 Å². The number of carbonyl (C=O) groups is 3. The SMILES string of the molecule is COC(=O)C(C)N(C(C)=O)C(=O)OCc1ccccc1. The fourth-order valence-electron chi connectivity index (χ4n) is 1.62. The Bertz CT molecular complexity index is 486. The second kappa shape index (κ2) is 7.28. The molecule has 0 heterocycles. The molecule has 0 fully saturated rings. The summed E-state index contributed by atoms with van der Waals surface area (Å²) in [5, 5.41) is 0. The van der Waals surface area contributed by atoms with Gasteiger partial charge in [-0.1, -0.05) is 30.3 Å². The Hall–Kier alpha value is -2.37. The molecule has 1 aromatic carbocycles. The average molecular weight is 279 g/mol. The number of imide groups is 1. The minimum Gasteiger partial charge on any atom is -0.467 e. The third-order valence-corrected chi connectivity index (χ3v) is 2.67. The van der Waals surface area contributed by atoms with Crippen LogP contribution in [0.15, 0.2) is 30.3 Å². The maximum absolute atomic E-state index is 11.9. The molecule has 1 aromatic rings. The van der Waals surface area contributed by atoms with Gasteiger partial charge in [-0.15, -0.1) is 0 Å². The van der Waals surface area contributed by atoms with Crippen molar-refractivity contribution in [1.82, 2.24) is 4.90 Å². The molecule has 1 atom stereocenters. The third-order valence-electron chi connectivity index (χ3n) is 2.67. The molecule has 0 aromatic heterocycles. The Balaban J connectivity index is 2.70. The molecule has 1 rings (SSSR count). The van der Waals surface area contributed by atoms with Gasteiger partial charge in [0.1, 0.15) is 12.6 Å². The van der Waals surface area contributed by atoms with Gasteiger partial charge in [-0.3, -0.25) is 4.79 Å².